The lowest BCUT2D eigenvalue weighted by molar-refractivity contribution is -0.255. The van der Waals surface area contributed by atoms with E-state index in [1.807, 2.05) is 10.6 Å². The fourth-order valence-electron chi connectivity index (χ4n) is 2.39. The molecule has 1 aliphatic rings. The molecule has 1 aliphatic heterocycles. The van der Waals surface area contributed by atoms with Gasteiger partial charge in [-0.25, -0.2) is 4.79 Å². The molecule has 0 aliphatic carbocycles. The van der Waals surface area contributed by atoms with E-state index in [1.54, 1.807) is 25.1 Å². The lowest BCUT2D eigenvalue weighted by Crippen LogP contribution is -2.51. The molecule has 0 saturated carbocycles. The molecule has 3 rings (SSSR count). The van der Waals surface area contributed by atoms with Crippen LogP contribution in [0.2, 0.25) is 0 Å². The number of furan rings is 1. The van der Waals surface area contributed by atoms with E-state index in [4.69, 9.17) is 4.42 Å². The van der Waals surface area contributed by atoms with Crippen molar-refractivity contribution in [3.8, 4) is 11.3 Å². The number of hydrogen-bond donors (Lipinski definition) is 2. The van der Waals surface area contributed by atoms with Crippen LogP contribution in [0.3, 0.4) is 0 Å². The van der Waals surface area contributed by atoms with Crippen LogP contribution in [0.1, 0.15) is 21.7 Å². The number of carbonyl (C=O) groups is 4. The summed E-state index contributed by atoms with van der Waals surface area (Å²) in [6.07, 6.45) is 1.21. The average molecular weight is 339 g/mol. The molecule has 0 bridgehead atoms. The number of benzene rings is 1. The second-order valence-electron chi connectivity index (χ2n) is 5.31. The maximum atomic E-state index is 11.7. The van der Waals surface area contributed by atoms with Crippen molar-refractivity contribution >= 4 is 29.9 Å². The van der Waals surface area contributed by atoms with Crippen LogP contribution in [0.15, 0.2) is 40.3 Å². The van der Waals surface area contributed by atoms with E-state index in [9.17, 15) is 24.3 Å². The molecule has 8 nitrogen and oxygen atoms in total. The first-order chi connectivity index (χ1) is 11.8. The van der Waals surface area contributed by atoms with Crippen molar-refractivity contribution < 1.29 is 28.7 Å². The highest BCUT2D eigenvalue weighted by atomic mass is 16.4. The van der Waals surface area contributed by atoms with E-state index >= 15 is 0 Å². The third-order valence-electron chi connectivity index (χ3n) is 3.58. The van der Waals surface area contributed by atoms with Gasteiger partial charge in [0.25, 0.3) is 11.8 Å². The summed E-state index contributed by atoms with van der Waals surface area (Å²) in [5, 5.41) is 14.8. The molecule has 1 aromatic heterocycles. The molecule has 0 spiro atoms. The van der Waals surface area contributed by atoms with Gasteiger partial charge in [-0.15, -0.1) is 0 Å². The standard InChI is InChI=1S/C17H12N2O6/c1-8-6-9(16(22)23)2-4-11(8)13-5-3-10(25-13)7-12-14(20)18-17(24)19-15(12)21/h2-7H,1H3,(H,22,23)(H2,18,19,20,21,24)/p-1. The highest BCUT2D eigenvalue weighted by Crippen LogP contribution is 2.27. The smallest absolute Gasteiger partial charge is 0.328 e. The van der Waals surface area contributed by atoms with Crippen molar-refractivity contribution in [2.75, 3.05) is 0 Å². The fraction of sp³-hybridized carbons (Fsp3) is 0.0588. The number of nitrogens with one attached hydrogen (secondary N) is 2. The molecule has 1 aromatic carbocycles. The van der Waals surface area contributed by atoms with Gasteiger partial charge in [0.05, 0.1) is 5.97 Å². The van der Waals surface area contributed by atoms with E-state index < -0.39 is 23.8 Å². The summed E-state index contributed by atoms with van der Waals surface area (Å²) in [7, 11) is 0. The van der Waals surface area contributed by atoms with Gasteiger partial charge in [0.2, 0.25) is 0 Å². The topological polar surface area (TPSA) is 129 Å². The predicted molar refractivity (Wildman–Crippen MR) is 82.9 cm³/mol. The van der Waals surface area contributed by atoms with Gasteiger partial charge in [-0.3, -0.25) is 20.2 Å². The van der Waals surface area contributed by atoms with Crippen LogP contribution in [0.4, 0.5) is 4.79 Å². The molecule has 2 N–H and O–H groups in total. The zero-order chi connectivity index (χ0) is 18.1. The molecule has 1 fully saturated rings. The maximum Gasteiger partial charge on any atom is 0.328 e. The molecule has 2 heterocycles. The van der Waals surface area contributed by atoms with Crippen LogP contribution in [0.25, 0.3) is 17.4 Å². The summed E-state index contributed by atoms with van der Waals surface area (Å²) in [5.74, 6) is -2.25. The molecule has 126 valence electrons. The minimum absolute atomic E-state index is 0.0513. The molecule has 0 radical (unpaired) electrons. The third kappa shape index (κ3) is 3.18. The Morgan fingerprint density at radius 3 is 2.36 bits per heavy atom. The van der Waals surface area contributed by atoms with Crippen LogP contribution in [-0.4, -0.2) is 23.8 Å². The van der Waals surface area contributed by atoms with Gasteiger partial charge >= 0.3 is 6.03 Å². The molecule has 25 heavy (non-hydrogen) atoms. The van der Waals surface area contributed by atoms with Crippen molar-refractivity contribution in [1.29, 1.82) is 0 Å². The van der Waals surface area contributed by atoms with E-state index in [0.717, 1.165) is 0 Å². The Morgan fingerprint density at radius 1 is 1.08 bits per heavy atom. The molecule has 8 heteroatoms. The Balaban J connectivity index is 1.92. The number of amides is 4. The predicted octanol–water partition coefficient (Wildman–Crippen LogP) is 0.368. The van der Waals surface area contributed by atoms with Crippen molar-refractivity contribution in [3.05, 3.63) is 52.8 Å². The van der Waals surface area contributed by atoms with Crippen LogP contribution in [0.5, 0.6) is 0 Å². The van der Waals surface area contributed by atoms with Crippen LogP contribution in [0, 0.1) is 6.92 Å². The normalized spacial score (nSPS) is 14.1. The van der Waals surface area contributed by atoms with Crippen LogP contribution in [-0.2, 0) is 9.59 Å². The van der Waals surface area contributed by atoms with Gasteiger partial charge in [0, 0.05) is 5.56 Å². The Bertz CT molecular complexity index is 932. The van der Waals surface area contributed by atoms with Crippen molar-refractivity contribution in [1.82, 2.24) is 10.6 Å². The Hall–Kier alpha value is -3.68. The Labute approximate surface area is 141 Å². The zero-order valence-corrected chi connectivity index (χ0v) is 12.9. The van der Waals surface area contributed by atoms with E-state index in [-0.39, 0.29) is 16.9 Å². The number of hydrogen-bond acceptors (Lipinski definition) is 6. The minimum Gasteiger partial charge on any atom is -0.545 e. The number of aromatic carboxylic acids is 1. The van der Waals surface area contributed by atoms with E-state index in [1.165, 1.54) is 18.2 Å². The maximum absolute atomic E-state index is 11.7. The van der Waals surface area contributed by atoms with Crippen molar-refractivity contribution in [2.45, 2.75) is 6.92 Å². The summed E-state index contributed by atoms with van der Waals surface area (Å²) in [4.78, 5) is 45.3. The fourth-order valence-corrected chi connectivity index (χ4v) is 2.39. The highest BCUT2D eigenvalue weighted by Gasteiger charge is 2.28. The number of urea groups is 1. The largest absolute Gasteiger partial charge is 0.545 e. The highest BCUT2D eigenvalue weighted by molar-refractivity contribution is 6.31. The quantitative estimate of drug-likeness (QED) is 0.614. The molecule has 4 amide bonds. The lowest BCUT2D eigenvalue weighted by atomic mass is 10.0. The summed E-state index contributed by atoms with van der Waals surface area (Å²) < 4.78 is 5.59. The SMILES string of the molecule is Cc1cc(C(=O)[O-])ccc1-c1ccc(C=C2C(=O)NC(=O)NC2=O)o1. The van der Waals surface area contributed by atoms with Gasteiger partial charge < -0.3 is 14.3 Å². The zero-order valence-electron chi connectivity index (χ0n) is 12.9. The summed E-state index contributed by atoms with van der Waals surface area (Å²) in [6, 6.07) is 6.72. The van der Waals surface area contributed by atoms with Gasteiger partial charge in [-0.05, 0) is 42.3 Å². The Morgan fingerprint density at radius 2 is 1.76 bits per heavy atom. The summed E-state index contributed by atoms with van der Waals surface area (Å²) in [6.45, 7) is 1.72. The first kappa shape index (κ1) is 16.2. The summed E-state index contributed by atoms with van der Waals surface area (Å²) >= 11 is 0. The number of barbiturate groups is 1. The number of imide groups is 2. The van der Waals surface area contributed by atoms with Crippen LogP contribution >= 0.6 is 0 Å². The molecule has 0 unspecified atom stereocenters. The van der Waals surface area contributed by atoms with E-state index in [0.29, 0.717) is 16.9 Å². The molecular weight excluding hydrogens is 328 g/mol. The van der Waals surface area contributed by atoms with Gasteiger partial charge in [-0.1, -0.05) is 12.1 Å². The first-order valence-electron chi connectivity index (χ1n) is 7.15. The number of carbonyl (C=O) groups excluding carboxylic acids is 4. The number of carboxylic acids is 1. The van der Waals surface area contributed by atoms with Gasteiger partial charge in [-0.2, -0.15) is 0 Å². The first-order valence-corrected chi connectivity index (χ1v) is 7.15. The third-order valence-corrected chi connectivity index (χ3v) is 3.58. The average Bonchev–Trinajstić information content (AvgIpc) is 2.99. The molecule has 0 atom stereocenters. The Kier molecular flexibility index (Phi) is 3.94. The second kappa shape index (κ2) is 6.08. The number of aryl methyl sites for hydroxylation is 1. The van der Waals surface area contributed by atoms with Gasteiger partial charge in [0.15, 0.2) is 0 Å². The molecular formula is C17H11N2O6-. The van der Waals surface area contributed by atoms with Gasteiger partial charge in [0.1, 0.15) is 17.1 Å². The van der Waals surface area contributed by atoms with Crippen molar-refractivity contribution in [2.24, 2.45) is 0 Å². The monoisotopic (exact) mass is 339 g/mol. The second-order valence-corrected chi connectivity index (χ2v) is 5.31. The summed E-state index contributed by atoms with van der Waals surface area (Å²) in [5.41, 5.74) is 1.11. The molecule has 2 aromatic rings. The van der Waals surface area contributed by atoms with E-state index in [2.05, 4.69) is 0 Å². The van der Waals surface area contributed by atoms with Crippen molar-refractivity contribution in [3.63, 3.8) is 0 Å². The minimum atomic E-state index is -1.27. The number of carboxylic acid groups (broad SMARTS) is 1. The molecule has 1 saturated heterocycles. The van der Waals surface area contributed by atoms with Crippen LogP contribution < -0.4 is 15.7 Å². The lowest BCUT2D eigenvalue weighted by Gasteiger charge is -2.13. The number of rotatable bonds is 3.